The third-order valence-corrected chi connectivity index (χ3v) is 4.44. The molecule has 1 fully saturated rings. The highest BCUT2D eigenvalue weighted by atomic mass is 35.5. The second kappa shape index (κ2) is 6.53. The number of nitrogens with zero attached hydrogens (tertiary/aromatic N) is 5. The summed E-state index contributed by atoms with van der Waals surface area (Å²) in [6.45, 7) is 4.53. The molecule has 1 aliphatic rings. The highest BCUT2D eigenvalue weighted by Crippen LogP contribution is 2.19. The van der Waals surface area contributed by atoms with Crippen LogP contribution in [0.3, 0.4) is 0 Å². The van der Waals surface area contributed by atoms with Crippen LogP contribution in [0, 0.1) is 6.92 Å². The number of thiazole rings is 1. The summed E-state index contributed by atoms with van der Waals surface area (Å²) in [7, 11) is 0. The summed E-state index contributed by atoms with van der Waals surface area (Å²) < 4.78 is 0. The van der Waals surface area contributed by atoms with Crippen LogP contribution in [0.2, 0.25) is 5.28 Å². The normalized spacial score (nSPS) is 15.2. The minimum Gasteiger partial charge on any atom is -0.348 e. The van der Waals surface area contributed by atoms with Crippen molar-refractivity contribution in [2.75, 3.05) is 23.3 Å². The van der Waals surface area contributed by atoms with Crippen LogP contribution in [0.5, 0.6) is 0 Å². The van der Waals surface area contributed by atoms with Crippen molar-refractivity contribution in [1.82, 2.24) is 19.9 Å². The van der Waals surface area contributed by atoms with Crippen LogP contribution in [0.15, 0.2) is 5.38 Å². The quantitative estimate of drug-likeness (QED) is 0.932. The van der Waals surface area contributed by atoms with E-state index in [1.54, 1.807) is 11.3 Å². The molecule has 1 aliphatic heterocycles. The van der Waals surface area contributed by atoms with Gasteiger partial charge in [-0.1, -0.05) is 0 Å². The monoisotopic (exact) mass is 324 g/mol. The average molecular weight is 325 g/mol. The molecular weight excluding hydrogens is 308 g/mol. The molecule has 0 saturated carbocycles. The predicted octanol–water partition coefficient (Wildman–Crippen LogP) is 2.89. The van der Waals surface area contributed by atoms with Gasteiger partial charge in [0.25, 0.3) is 0 Å². The Bertz CT molecular complexity index is 610. The van der Waals surface area contributed by atoms with Crippen molar-refractivity contribution >= 4 is 34.8 Å². The first kappa shape index (κ1) is 14.5. The average Bonchev–Trinajstić information content (AvgIpc) is 2.91. The third-order valence-electron chi connectivity index (χ3n) is 3.30. The molecule has 0 spiro atoms. The number of hydrogen-bond donors (Lipinski definition) is 1. The van der Waals surface area contributed by atoms with Gasteiger partial charge in [0.15, 0.2) is 0 Å². The Morgan fingerprint density at radius 3 is 2.71 bits per heavy atom. The molecule has 6 nitrogen and oxygen atoms in total. The van der Waals surface area contributed by atoms with E-state index >= 15 is 0 Å². The highest BCUT2D eigenvalue weighted by Gasteiger charge is 2.15. The first-order valence-electron chi connectivity index (χ1n) is 7.02. The van der Waals surface area contributed by atoms with Crippen LogP contribution in [0.4, 0.5) is 11.9 Å². The number of nitrogens with one attached hydrogen (secondary N) is 1. The van der Waals surface area contributed by atoms with Crippen LogP contribution in [0.1, 0.15) is 30.0 Å². The zero-order valence-corrected chi connectivity index (χ0v) is 13.4. The summed E-state index contributed by atoms with van der Waals surface area (Å²) in [4.78, 5) is 19.4. The van der Waals surface area contributed by atoms with E-state index in [-0.39, 0.29) is 5.28 Å². The number of aryl methyl sites for hydroxylation is 1. The van der Waals surface area contributed by atoms with E-state index < -0.39 is 0 Å². The fourth-order valence-electron chi connectivity index (χ4n) is 2.29. The zero-order valence-electron chi connectivity index (χ0n) is 11.8. The molecule has 8 heteroatoms. The van der Waals surface area contributed by atoms with Gasteiger partial charge in [0, 0.05) is 24.2 Å². The van der Waals surface area contributed by atoms with Crippen molar-refractivity contribution in [3.8, 4) is 0 Å². The lowest BCUT2D eigenvalue weighted by Gasteiger charge is -2.26. The fourth-order valence-corrected chi connectivity index (χ4v) is 3.16. The maximum atomic E-state index is 6.01. The Labute approximate surface area is 132 Å². The Morgan fingerprint density at radius 1 is 1.19 bits per heavy atom. The first-order chi connectivity index (χ1) is 10.2. The van der Waals surface area contributed by atoms with Crippen molar-refractivity contribution in [2.24, 2.45) is 0 Å². The standard InChI is InChI=1S/C13H17ClN6S/c1-9-8-21-10(16-9)7-15-12-17-11(14)18-13(19-12)20-5-3-2-4-6-20/h8H,2-7H2,1H3,(H,15,17,18,19). The van der Waals surface area contributed by atoms with Crippen LogP contribution >= 0.6 is 22.9 Å². The molecule has 1 N–H and O–H groups in total. The molecule has 3 heterocycles. The number of piperidine rings is 1. The van der Waals surface area contributed by atoms with Crippen LogP contribution in [-0.4, -0.2) is 33.0 Å². The molecule has 1 saturated heterocycles. The van der Waals surface area contributed by atoms with E-state index in [0.717, 1.165) is 23.8 Å². The number of hydrogen-bond acceptors (Lipinski definition) is 7. The summed E-state index contributed by atoms with van der Waals surface area (Å²) >= 11 is 7.63. The summed E-state index contributed by atoms with van der Waals surface area (Å²) in [5.74, 6) is 1.16. The summed E-state index contributed by atoms with van der Waals surface area (Å²) in [5.41, 5.74) is 1.03. The lowest BCUT2D eigenvalue weighted by atomic mass is 10.1. The molecule has 3 rings (SSSR count). The molecule has 0 amide bonds. The molecule has 0 atom stereocenters. The second-order valence-electron chi connectivity index (χ2n) is 5.01. The largest absolute Gasteiger partial charge is 0.348 e. The van der Waals surface area contributed by atoms with E-state index in [2.05, 4.69) is 30.2 Å². The van der Waals surface area contributed by atoms with Crippen molar-refractivity contribution in [3.05, 3.63) is 21.4 Å². The molecular formula is C13H17ClN6S. The topological polar surface area (TPSA) is 66.8 Å². The van der Waals surface area contributed by atoms with Gasteiger partial charge in [0.2, 0.25) is 17.2 Å². The van der Waals surface area contributed by atoms with Crippen LogP contribution in [0.25, 0.3) is 0 Å². The molecule has 2 aromatic rings. The molecule has 0 radical (unpaired) electrons. The Hall–Kier alpha value is -1.47. The molecule has 21 heavy (non-hydrogen) atoms. The van der Waals surface area contributed by atoms with Crippen molar-refractivity contribution in [2.45, 2.75) is 32.7 Å². The second-order valence-corrected chi connectivity index (χ2v) is 6.29. The molecule has 2 aromatic heterocycles. The van der Waals surface area contributed by atoms with E-state index in [1.165, 1.54) is 19.3 Å². The lowest BCUT2D eigenvalue weighted by Crippen LogP contribution is -2.31. The van der Waals surface area contributed by atoms with Crippen molar-refractivity contribution in [3.63, 3.8) is 0 Å². The lowest BCUT2D eigenvalue weighted by molar-refractivity contribution is 0.567. The molecule has 112 valence electrons. The number of rotatable bonds is 4. The first-order valence-corrected chi connectivity index (χ1v) is 8.28. The summed E-state index contributed by atoms with van der Waals surface area (Å²) in [6, 6.07) is 0. The van der Waals surface area contributed by atoms with Gasteiger partial charge in [0.05, 0.1) is 6.54 Å². The van der Waals surface area contributed by atoms with Gasteiger partial charge in [-0.25, -0.2) is 4.98 Å². The van der Waals surface area contributed by atoms with E-state index in [9.17, 15) is 0 Å². The Morgan fingerprint density at radius 2 is 2.00 bits per heavy atom. The maximum Gasteiger partial charge on any atom is 0.231 e. The zero-order chi connectivity index (χ0) is 14.7. The van der Waals surface area contributed by atoms with Crippen LogP contribution in [-0.2, 0) is 6.54 Å². The van der Waals surface area contributed by atoms with Gasteiger partial charge in [-0.15, -0.1) is 11.3 Å². The minimum atomic E-state index is 0.225. The number of halogens is 1. The third kappa shape index (κ3) is 3.79. The highest BCUT2D eigenvalue weighted by molar-refractivity contribution is 7.09. The predicted molar refractivity (Wildman–Crippen MR) is 85.1 cm³/mol. The van der Waals surface area contributed by atoms with Gasteiger partial charge in [-0.3, -0.25) is 0 Å². The molecule has 0 aromatic carbocycles. The fraction of sp³-hybridized carbons (Fsp3) is 0.538. The summed E-state index contributed by atoms with van der Waals surface area (Å²) in [6.07, 6.45) is 3.61. The van der Waals surface area contributed by atoms with Gasteiger partial charge < -0.3 is 10.2 Å². The van der Waals surface area contributed by atoms with E-state index in [4.69, 9.17) is 11.6 Å². The minimum absolute atomic E-state index is 0.225. The van der Waals surface area contributed by atoms with Gasteiger partial charge in [-0.2, -0.15) is 15.0 Å². The van der Waals surface area contributed by atoms with E-state index in [1.807, 2.05) is 12.3 Å². The summed E-state index contributed by atoms with van der Waals surface area (Å²) in [5, 5.41) is 6.42. The number of aromatic nitrogens is 4. The number of anilines is 2. The van der Waals surface area contributed by atoms with Crippen molar-refractivity contribution < 1.29 is 0 Å². The van der Waals surface area contributed by atoms with Gasteiger partial charge >= 0.3 is 0 Å². The Kier molecular flexibility index (Phi) is 4.50. The SMILES string of the molecule is Cc1csc(CNc2nc(Cl)nc(N3CCCCC3)n2)n1. The molecule has 0 bridgehead atoms. The smallest absolute Gasteiger partial charge is 0.231 e. The van der Waals surface area contributed by atoms with E-state index in [0.29, 0.717) is 18.4 Å². The van der Waals surface area contributed by atoms with Gasteiger partial charge in [-0.05, 0) is 37.8 Å². The molecule has 0 aliphatic carbocycles. The maximum absolute atomic E-state index is 6.01. The van der Waals surface area contributed by atoms with Crippen molar-refractivity contribution in [1.29, 1.82) is 0 Å². The van der Waals surface area contributed by atoms with Crippen LogP contribution < -0.4 is 10.2 Å². The Balaban J connectivity index is 1.71. The van der Waals surface area contributed by atoms with Gasteiger partial charge in [0.1, 0.15) is 5.01 Å². The molecule has 0 unspecified atom stereocenters.